The number of halogens is 1. The van der Waals surface area contributed by atoms with E-state index in [1.54, 1.807) is 6.92 Å². The Balaban J connectivity index is -0.000000129. The lowest BCUT2D eigenvalue weighted by atomic mass is 9.95. The van der Waals surface area contributed by atoms with Crippen LogP contribution in [0.4, 0.5) is 0 Å². The summed E-state index contributed by atoms with van der Waals surface area (Å²) in [6.07, 6.45) is 0. The number of hydrogen-bond acceptors (Lipinski definition) is 0. The molecule has 0 aromatic heterocycles. The average Bonchev–Trinajstić information content (AvgIpc) is 2.87. The van der Waals surface area contributed by atoms with E-state index < -0.39 is 0 Å². The highest BCUT2D eigenvalue weighted by Gasteiger charge is 2.03. The highest BCUT2D eigenvalue weighted by atomic mass is 35.5. The standard InChI is InChI=1S/C12H12.C12H18.C3H5Cl.4C2H6.CH4/c1-9-5-3-7-11-8-4-6-10(2)12(9)11;1-8(2)12-6-9(3)11(5)10(4)7-12;1-3(2)4;4*1-2;/h3-8H,1-2H3;6-8H,1-5H3;1H2,2H3;4*1-2H3;1H4. The number of aryl methyl sites for hydroxylation is 4. The normalized spacial score (nSPS) is 8.27. The summed E-state index contributed by atoms with van der Waals surface area (Å²) < 4.78 is 0. The molecule has 0 fully saturated rings. The quantitative estimate of drug-likeness (QED) is 0.293. The molecule has 0 radical (unpaired) electrons. The molecule has 0 nitrogen and oxygen atoms in total. The second-order valence-corrected chi connectivity index (χ2v) is 8.50. The molecule has 0 saturated heterocycles. The lowest BCUT2D eigenvalue weighted by molar-refractivity contribution is 0.861. The molecule has 3 rings (SSSR count). The molecular weight excluding hydrogens is 468 g/mol. The van der Waals surface area contributed by atoms with Crippen LogP contribution in [0, 0.1) is 34.6 Å². The Labute approximate surface area is 239 Å². The average molecular weight is 531 g/mol. The van der Waals surface area contributed by atoms with Crippen LogP contribution >= 0.6 is 11.6 Å². The minimum Gasteiger partial charge on any atom is -0.0901 e. The highest BCUT2D eigenvalue weighted by molar-refractivity contribution is 6.28. The molecule has 0 amide bonds. The Kier molecular flexibility index (Phi) is 34.6. The first kappa shape index (κ1) is 44.9. The van der Waals surface area contributed by atoms with Crippen molar-refractivity contribution in [2.75, 3.05) is 0 Å². The summed E-state index contributed by atoms with van der Waals surface area (Å²) in [5.74, 6) is 0.642. The third-order valence-electron chi connectivity index (χ3n) is 4.94. The second kappa shape index (κ2) is 28.5. The largest absolute Gasteiger partial charge is 0.0901 e. The number of benzene rings is 3. The van der Waals surface area contributed by atoms with Crippen LogP contribution in [0.25, 0.3) is 10.8 Å². The van der Waals surface area contributed by atoms with Gasteiger partial charge in [0.2, 0.25) is 0 Å². The first-order valence-electron chi connectivity index (χ1n) is 13.9. The van der Waals surface area contributed by atoms with Crippen LogP contribution in [0.5, 0.6) is 0 Å². The molecule has 0 aliphatic heterocycles. The zero-order valence-electron chi connectivity index (χ0n) is 26.8. The monoisotopic (exact) mass is 530 g/mol. The Hall–Kier alpha value is -2.05. The van der Waals surface area contributed by atoms with Gasteiger partial charge in [0.1, 0.15) is 0 Å². The molecule has 0 bridgehead atoms. The summed E-state index contributed by atoms with van der Waals surface area (Å²) in [5, 5.41) is 3.38. The van der Waals surface area contributed by atoms with E-state index in [0.717, 1.165) is 0 Å². The summed E-state index contributed by atoms with van der Waals surface area (Å²) in [4.78, 5) is 0. The number of rotatable bonds is 1. The number of allylic oxidation sites excluding steroid dienone is 1. The van der Waals surface area contributed by atoms with Gasteiger partial charge >= 0.3 is 0 Å². The van der Waals surface area contributed by atoms with E-state index in [2.05, 4.69) is 104 Å². The minimum absolute atomic E-state index is 0. The van der Waals surface area contributed by atoms with Gasteiger partial charge in [-0.25, -0.2) is 0 Å². The lowest BCUT2D eigenvalue weighted by Gasteiger charge is -2.11. The smallest absolute Gasteiger partial charge is 0.00778 e. The molecule has 3 aromatic carbocycles. The van der Waals surface area contributed by atoms with Crippen molar-refractivity contribution >= 4 is 22.4 Å². The summed E-state index contributed by atoms with van der Waals surface area (Å²) in [6.45, 7) is 36.4. The maximum atomic E-state index is 5.08. The van der Waals surface area contributed by atoms with Crippen LogP contribution < -0.4 is 0 Å². The Morgan fingerprint density at radius 1 is 0.649 bits per heavy atom. The van der Waals surface area contributed by atoms with E-state index in [1.165, 1.54) is 44.2 Å². The molecule has 3 aromatic rings. The number of fused-ring (bicyclic) bond motifs is 1. The van der Waals surface area contributed by atoms with Crippen LogP contribution in [0.3, 0.4) is 0 Å². The third kappa shape index (κ3) is 19.7. The van der Waals surface area contributed by atoms with Gasteiger partial charge in [-0.15, -0.1) is 0 Å². The molecule has 0 unspecified atom stereocenters. The maximum Gasteiger partial charge on any atom is 0.00778 e. The molecule has 0 aliphatic rings. The molecule has 37 heavy (non-hydrogen) atoms. The van der Waals surface area contributed by atoms with Crippen LogP contribution in [-0.2, 0) is 0 Å². The molecule has 0 spiro atoms. The predicted molar refractivity (Wildman–Crippen MR) is 181 cm³/mol. The van der Waals surface area contributed by atoms with Crippen LogP contribution in [0.2, 0.25) is 0 Å². The van der Waals surface area contributed by atoms with Gasteiger partial charge in [0.15, 0.2) is 0 Å². The summed E-state index contributed by atoms with van der Waals surface area (Å²) in [7, 11) is 0. The van der Waals surface area contributed by atoms with Gasteiger partial charge in [-0.3, -0.25) is 0 Å². The molecule has 0 heterocycles. The van der Waals surface area contributed by atoms with Crippen molar-refractivity contribution < 1.29 is 0 Å². The van der Waals surface area contributed by atoms with Crippen molar-refractivity contribution in [3.05, 3.63) is 93.5 Å². The second-order valence-electron chi connectivity index (χ2n) is 7.86. The molecule has 1 heteroatoms. The van der Waals surface area contributed by atoms with E-state index >= 15 is 0 Å². The van der Waals surface area contributed by atoms with Crippen molar-refractivity contribution in [3.63, 3.8) is 0 Å². The van der Waals surface area contributed by atoms with Crippen molar-refractivity contribution in [1.29, 1.82) is 0 Å². The zero-order valence-corrected chi connectivity index (χ0v) is 27.5. The van der Waals surface area contributed by atoms with Gasteiger partial charge in [0.25, 0.3) is 0 Å². The summed E-state index contributed by atoms with van der Waals surface area (Å²) in [6, 6.07) is 17.5. The molecule has 0 atom stereocenters. The Bertz CT molecular complexity index is 869. The van der Waals surface area contributed by atoms with Crippen molar-refractivity contribution in [2.45, 2.75) is 124 Å². The van der Waals surface area contributed by atoms with Crippen molar-refractivity contribution in [3.8, 4) is 0 Å². The van der Waals surface area contributed by atoms with Gasteiger partial charge in [-0.05, 0) is 91.6 Å². The zero-order chi connectivity index (χ0) is 29.4. The first-order chi connectivity index (χ1) is 17.0. The molecular formula is C36H63Cl. The lowest BCUT2D eigenvalue weighted by Crippen LogP contribution is -1.93. The minimum atomic E-state index is 0. The van der Waals surface area contributed by atoms with E-state index in [4.69, 9.17) is 11.6 Å². The van der Waals surface area contributed by atoms with Crippen LogP contribution in [0.15, 0.2) is 60.1 Å². The third-order valence-corrected chi connectivity index (χ3v) is 4.94. The fourth-order valence-electron chi connectivity index (χ4n) is 3.15. The van der Waals surface area contributed by atoms with Gasteiger partial charge in [0.05, 0.1) is 0 Å². The van der Waals surface area contributed by atoms with Crippen molar-refractivity contribution in [2.24, 2.45) is 0 Å². The van der Waals surface area contributed by atoms with Gasteiger partial charge in [0, 0.05) is 5.03 Å². The topological polar surface area (TPSA) is 0 Å². The number of hydrogen-bond donors (Lipinski definition) is 0. The van der Waals surface area contributed by atoms with E-state index in [9.17, 15) is 0 Å². The van der Waals surface area contributed by atoms with E-state index in [0.29, 0.717) is 11.0 Å². The Morgan fingerprint density at radius 3 is 1.19 bits per heavy atom. The maximum absolute atomic E-state index is 5.08. The fourth-order valence-corrected chi connectivity index (χ4v) is 3.15. The van der Waals surface area contributed by atoms with E-state index in [1.807, 2.05) is 55.4 Å². The molecule has 0 saturated carbocycles. The van der Waals surface area contributed by atoms with Crippen molar-refractivity contribution in [1.82, 2.24) is 0 Å². The summed E-state index contributed by atoms with van der Waals surface area (Å²) >= 11 is 5.08. The van der Waals surface area contributed by atoms with Gasteiger partial charge in [-0.1, -0.05) is 143 Å². The first-order valence-corrected chi connectivity index (χ1v) is 14.3. The van der Waals surface area contributed by atoms with Crippen LogP contribution in [0.1, 0.15) is 123 Å². The SMILES string of the molecule is C.C=C(C)Cl.CC.CC.CC.CC.Cc1cc(C(C)C)cc(C)c1C.Cc1cccc2cccc(C)c12. The summed E-state index contributed by atoms with van der Waals surface area (Å²) in [5.41, 5.74) is 8.45. The van der Waals surface area contributed by atoms with E-state index in [-0.39, 0.29) is 7.43 Å². The van der Waals surface area contributed by atoms with Crippen LogP contribution in [-0.4, -0.2) is 0 Å². The molecule has 0 N–H and O–H groups in total. The predicted octanol–water partition coefficient (Wildman–Crippen LogP) is 13.7. The highest BCUT2D eigenvalue weighted by Crippen LogP contribution is 2.22. The Morgan fingerprint density at radius 2 is 0.946 bits per heavy atom. The molecule has 0 aliphatic carbocycles. The fraction of sp³-hybridized carbons (Fsp3) is 0.500. The van der Waals surface area contributed by atoms with Gasteiger partial charge in [-0.2, -0.15) is 0 Å². The molecule has 214 valence electrons. The van der Waals surface area contributed by atoms with Gasteiger partial charge < -0.3 is 0 Å².